The van der Waals surface area contributed by atoms with Crippen LogP contribution in [-0.2, 0) is 4.74 Å². The molecule has 0 aliphatic heterocycles. The van der Waals surface area contributed by atoms with Gasteiger partial charge in [-0.2, -0.15) is 5.26 Å². The minimum atomic E-state index is -0.815. The Morgan fingerprint density at radius 3 is 2.20 bits per heavy atom. The third-order valence-corrected chi connectivity index (χ3v) is 5.70. The topological polar surface area (TPSA) is 53.2 Å². The summed E-state index contributed by atoms with van der Waals surface area (Å²) in [7, 11) is 0. The lowest BCUT2D eigenvalue weighted by molar-refractivity contribution is -0.197. The van der Waals surface area contributed by atoms with E-state index in [2.05, 4.69) is 26.8 Å². The third kappa shape index (κ3) is 2.61. The molecule has 3 nitrogen and oxygen atoms in total. The van der Waals surface area contributed by atoms with Crippen molar-refractivity contribution in [2.24, 2.45) is 16.7 Å². The van der Waals surface area contributed by atoms with Crippen LogP contribution in [0, 0.1) is 28.1 Å². The van der Waals surface area contributed by atoms with E-state index in [1.807, 2.05) is 6.92 Å². The van der Waals surface area contributed by atoms with Crippen LogP contribution < -0.4 is 0 Å². The van der Waals surface area contributed by atoms with E-state index >= 15 is 0 Å². The first kappa shape index (κ1) is 15.8. The zero-order valence-electron chi connectivity index (χ0n) is 13.4. The van der Waals surface area contributed by atoms with Gasteiger partial charge in [0.25, 0.3) is 0 Å². The van der Waals surface area contributed by atoms with E-state index in [1.165, 1.54) is 0 Å². The van der Waals surface area contributed by atoms with Gasteiger partial charge in [-0.05, 0) is 43.9 Å². The van der Waals surface area contributed by atoms with Gasteiger partial charge in [0, 0.05) is 19.4 Å². The lowest BCUT2D eigenvalue weighted by Crippen LogP contribution is -2.60. The molecule has 0 atom stereocenters. The predicted molar refractivity (Wildman–Crippen MR) is 79.1 cm³/mol. The van der Waals surface area contributed by atoms with Crippen molar-refractivity contribution >= 4 is 0 Å². The third-order valence-electron chi connectivity index (χ3n) is 5.70. The second kappa shape index (κ2) is 5.31. The van der Waals surface area contributed by atoms with Crippen LogP contribution in [0.25, 0.3) is 0 Å². The molecule has 2 saturated carbocycles. The van der Waals surface area contributed by atoms with Gasteiger partial charge in [0.1, 0.15) is 0 Å². The fourth-order valence-electron chi connectivity index (χ4n) is 4.10. The fourth-order valence-corrected chi connectivity index (χ4v) is 4.10. The maximum absolute atomic E-state index is 10.9. The maximum Gasteiger partial charge on any atom is 0.0882 e. The number of rotatable bonds is 3. The molecule has 0 aromatic carbocycles. The zero-order valence-corrected chi connectivity index (χ0v) is 13.4. The van der Waals surface area contributed by atoms with Crippen LogP contribution in [0.15, 0.2) is 0 Å². The van der Waals surface area contributed by atoms with Gasteiger partial charge >= 0.3 is 0 Å². The summed E-state index contributed by atoms with van der Waals surface area (Å²) in [5.41, 5.74) is -1.05. The first-order valence-corrected chi connectivity index (χ1v) is 8.01. The highest BCUT2D eigenvalue weighted by Gasteiger charge is 2.59. The maximum atomic E-state index is 10.9. The molecule has 3 heteroatoms. The molecule has 2 fully saturated rings. The SMILES string of the molecule is CCOC1CC(O)(C2(C#N)CCC(C(C)(C)C)CC2)C1. The summed E-state index contributed by atoms with van der Waals surface area (Å²) in [4.78, 5) is 0. The number of aliphatic hydroxyl groups is 1. The van der Waals surface area contributed by atoms with Crippen LogP contribution in [0.1, 0.15) is 66.2 Å². The number of nitrogens with zero attached hydrogens (tertiary/aromatic N) is 1. The highest BCUT2D eigenvalue weighted by Crippen LogP contribution is 2.56. The van der Waals surface area contributed by atoms with Crippen molar-refractivity contribution in [3.05, 3.63) is 0 Å². The number of nitriles is 1. The minimum Gasteiger partial charge on any atom is -0.388 e. The average molecular weight is 279 g/mol. The minimum absolute atomic E-state index is 0.149. The Bertz CT molecular complexity index is 377. The molecule has 2 rings (SSSR count). The number of hydrogen-bond donors (Lipinski definition) is 1. The van der Waals surface area contributed by atoms with Crippen molar-refractivity contribution in [3.8, 4) is 6.07 Å². The molecule has 0 bridgehead atoms. The largest absolute Gasteiger partial charge is 0.388 e. The van der Waals surface area contributed by atoms with E-state index in [9.17, 15) is 10.4 Å². The molecule has 0 radical (unpaired) electrons. The molecular weight excluding hydrogens is 250 g/mol. The summed E-state index contributed by atoms with van der Waals surface area (Å²) in [6, 6.07) is 2.49. The fraction of sp³-hybridized carbons (Fsp3) is 0.941. The summed E-state index contributed by atoms with van der Waals surface area (Å²) in [5, 5.41) is 20.6. The van der Waals surface area contributed by atoms with Gasteiger partial charge in [-0.1, -0.05) is 20.8 Å². The molecule has 2 aliphatic carbocycles. The molecule has 114 valence electrons. The van der Waals surface area contributed by atoms with Crippen LogP contribution in [-0.4, -0.2) is 23.4 Å². The van der Waals surface area contributed by atoms with E-state index in [4.69, 9.17) is 4.74 Å². The van der Waals surface area contributed by atoms with Crippen LogP contribution in [0.4, 0.5) is 0 Å². The quantitative estimate of drug-likeness (QED) is 0.857. The number of ether oxygens (including phenoxy) is 1. The standard InChI is InChI=1S/C17H29NO2/c1-5-20-14-10-17(19,11-14)16(12-18)8-6-13(7-9-16)15(2,3)4/h13-14,19H,5-11H2,1-4H3. The highest BCUT2D eigenvalue weighted by molar-refractivity contribution is 5.18. The molecular formula is C17H29NO2. The van der Waals surface area contributed by atoms with Crippen LogP contribution in [0.3, 0.4) is 0 Å². The van der Waals surface area contributed by atoms with E-state index in [0.717, 1.165) is 25.7 Å². The number of hydrogen-bond acceptors (Lipinski definition) is 3. The first-order chi connectivity index (χ1) is 9.26. The molecule has 0 saturated heterocycles. The Hall–Kier alpha value is -0.590. The monoisotopic (exact) mass is 279 g/mol. The van der Waals surface area contributed by atoms with Crippen LogP contribution in [0.2, 0.25) is 0 Å². The van der Waals surface area contributed by atoms with Crippen molar-refractivity contribution in [1.82, 2.24) is 0 Å². The lowest BCUT2D eigenvalue weighted by atomic mass is 9.53. The van der Waals surface area contributed by atoms with Gasteiger partial charge in [0.15, 0.2) is 0 Å². The molecule has 0 amide bonds. The van der Waals surface area contributed by atoms with Crippen LogP contribution in [0.5, 0.6) is 0 Å². The lowest BCUT2D eigenvalue weighted by Gasteiger charge is -2.55. The smallest absolute Gasteiger partial charge is 0.0882 e. The Morgan fingerprint density at radius 1 is 1.25 bits per heavy atom. The van der Waals surface area contributed by atoms with Gasteiger partial charge in [0.05, 0.1) is 23.2 Å². The van der Waals surface area contributed by atoms with Crippen molar-refractivity contribution in [2.45, 2.75) is 77.9 Å². The van der Waals surface area contributed by atoms with Crippen molar-refractivity contribution in [1.29, 1.82) is 5.26 Å². The Kier molecular flexibility index (Phi) is 4.19. The van der Waals surface area contributed by atoms with E-state index in [0.29, 0.717) is 30.8 Å². The van der Waals surface area contributed by atoms with Crippen molar-refractivity contribution in [2.75, 3.05) is 6.61 Å². The normalized spacial score (nSPS) is 41.8. The molecule has 0 aromatic heterocycles. The first-order valence-electron chi connectivity index (χ1n) is 8.01. The van der Waals surface area contributed by atoms with Crippen molar-refractivity contribution in [3.63, 3.8) is 0 Å². The Balaban J connectivity index is 2.02. The molecule has 0 heterocycles. The molecule has 20 heavy (non-hydrogen) atoms. The summed E-state index contributed by atoms with van der Waals surface area (Å²) < 4.78 is 5.56. The Morgan fingerprint density at radius 2 is 1.80 bits per heavy atom. The van der Waals surface area contributed by atoms with E-state index in [1.54, 1.807) is 0 Å². The predicted octanol–water partition coefficient (Wildman–Crippen LogP) is 3.66. The highest BCUT2D eigenvalue weighted by atomic mass is 16.5. The summed E-state index contributed by atoms with van der Waals surface area (Å²) in [6.45, 7) is 9.50. The molecule has 1 N–H and O–H groups in total. The van der Waals surface area contributed by atoms with Crippen molar-refractivity contribution < 1.29 is 9.84 Å². The summed E-state index contributed by atoms with van der Waals surface area (Å²) in [5.74, 6) is 0.662. The second-order valence-corrected chi connectivity index (χ2v) is 7.85. The molecule has 0 unspecified atom stereocenters. The van der Waals surface area contributed by atoms with E-state index < -0.39 is 11.0 Å². The average Bonchev–Trinajstić information content (AvgIpc) is 2.36. The van der Waals surface area contributed by atoms with Gasteiger partial charge < -0.3 is 9.84 Å². The summed E-state index contributed by atoms with van der Waals surface area (Å²) in [6.07, 6.45) is 5.19. The van der Waals surface area contributed by atoms with Gasteiger partial charge in [0.2, 0.25) is 0 Å². The molecule has 0 spiro atoms. The van der Waals surface area contributed by atoms with E-state index in [-0.39, 0.29) is 6.10 Å². The second-order valence-electron chi connectivity index (χ2n) is 7.85. The van der Waals surface area contributed by atoms with Crippen LogP contribution >= 0.6 is 0 Å². The molecule has 0 aromatic rings. The van der Waals surface area contributed by atoms with Gasteiger partial charge in [-0.15, -0.1) is 0 Å². The molecule has 2 aliphatic rings. The van der Waals surface area contributed by atoms with Gasteiger partial charge in [-0.3, -0.25) is 0 Å². The Labute approximate surface area is 123 Å². The van der Waals surface area contributed by atoms with Gasteiger partial charge in [-0.25, -0.2) is 0 Å². The zero-order chi connectivity index (χ0) is 15.0. The summed E-state index contributed by atoms with van der Waals surface area (Å²) >= 11 is 0.